The van der Waals surface area contributed by atoms with Crippen LogP contribution >= 0.6 is 34.8 Å². The molecule has 5 heteroatoms. The number of rotatable bonds is 4. The summed E-state index contributed by atoms with van der Waals surface area (Å²) in [6.07, 6.45) is 4.63. The van der Waals surface area contributed by atoms with E-state index in [2.05, 4.69) is 6.92 Å². The van der Waals surface area contributed by atoms with E-state index in [1.807, 2.05) is 0 Å². The van der Waals surface area contributed by atoms with Crippen LogP contribution in [0.3, 0.4) is 0 Å². The third kappa shape index (κ3) is 4.03. The maximum Gasteiger partial charge on any atom is 0.339 e. The van der Waals surface area contributed by atoms with Gasteiger partial charge in [0.2, 0.25) is 0 Å². The van der Waals surface area contributed by atoms with Crippen molar-refractivity contribution in [1.82, 2.24) is 0 Å². The third-order valence-electron chi connectivity index (χ3n) is 3.78. The molecule has 0 spiro atoms. The first kappa shape index (κ1) is 15.9. The van der Waals surface area contributed by atoms with E-state index < -0.39 is 5.97 Å². The van der Waals surface area contributed by atoms with Gasteiger partial charge in [-0.15, -0.1) is 0 Å². The smallest absolute Gasteiger partial charge is 0.339 e. The van der Waals surface area contributed by atoms with Gasteiger partial charge in [-0.25, -0.2) is 4.79 Å². The van der Waals surface area contributed by atoms with E-state index >= 15 is 0 Å². The minimum Gasteiger partial charge on any atom is -0.462 e. The molecule has 1 aliphatic carbocycles. The monoisotopic (exact) mass is 334 g/mol. The van der Waals surface area contributed by atoms with Crippen molar-refractivity contribution in [3.8, 4) is 0 Å². The molecule has 2 unspecified atom stereocenters. The van der Waals surface area contributed by atoms with E-state index in [9.17, 15) is 4.79 Å². The zero-order valence-electron chi connectivity index (χ0n) is 11.3. The summed E-state index contributed by atoms with van der Waals surface area (Å²) in [5, 5.41) is 0.822. The minimum absolute atomic E-state index is 0.190. The van der Waals surface area contributed by atoms with Gasteiger partial charge in [0.15, 0.2) is 0 Å². The van der Waals surface area contributed by atoms with E-state index in [1.54, 1.807) is 0 Å². The number of esters is 1. The highest BCUT2D eigenvalue weighted by atomic mass is 35.5. The van der Waals surface area contributed by atoms with Crippen LogP contribution in [0, 0.1) is 11.8 Å². The maximum atomic E-state index is 12.0. The van der Waals surface area contributed by atoms with E-state index in [4.69, 9.17) is 39.5 Å². The molecule has 0 heterocycles. The molecule has 0 aliphatic heterocycles. The fraction of sp³-hybridized carbons (Fsp3) is 0.533. The molecule has 0 bridgehead atoms. The van der Waals surface area contributed by atoms with Gasteiger partial charge in [0.05, 0.1) is 22.2 Å². The van der Waals surface area contributed by atoms with Crippen LogP contribution in [-0.4, -0.2) is 12.6 Å². The van der Waals surface area contributed by atoms with E-state index in [0.717, 1.165) is 12.3 Å². The zero-order chi connectivity index (χ0) is 14.7. The van der Waals surface area contributed by atoms with Crippen molar-refractivity contribution in [3.05, 3.63) is 32.8 Å². The van der Waals surface area contributed by atoms with Crippen LogP contribution in [0.1, 0.15) is 43.0 Å². The van der Waals surface area contributed by atoms with Crippen LogP contribution < -0.4 is 0 Å². The van der Waals surface area contributed by atoms with Crippen LogP contribution in [0.2, 0.25) is 15.1 Å². The second-order valence-corrected chi connectivity index (χ2v) is 6.68. The number of hydrogen-bond acceptors (Lipinski definition) is 2. The van der Waals surface area contributed by atoms with Gasteiger partial charge in [0.25, 0.3) is 0 Å². The Morgan fingerprint density at radius 3 is 2.70 bits per heavy atom. The lowest BCUT2D eigenvalue weighted by molar-refractivity contribution is 0.0483. The standard InChI is InChI=1S/C15H17Cl3O2/c1-9-2-3-10(6-9)4-5-20-15(19)12-7-11(16)8-13(17)14(12)18/h7-10H,2-6H2,1H3. The summed E-state index contributed by atoms with van der Waals surface area (Å²) in [5.41, 5.74) is 0.226. The molecular weight excluding hydrogens is 319 g/mol. The predicted octanol–water partition coefficient (Wildman–Crippen LogP) is 5.63. The lowest BCUT2D eigenvalue weighted by Crippen LogP contribution is -2.10. The molecule has 2 atom stereocenters. The molecule has 1 fully saturated rings. The first-order valence-corrected chi connectivity index (χ1v) is 7.92. The minimum atomic E-state index is -0.467. The van der Waals surface area contributed by atoms with Crippen molar-refractivity contribution in [3.63, 3.8) is 0 Å². The lowest BCUT2D eigenvalue weighted by atomic mass is 10.0. The molecule has 0 N–H and O–H groups in total. The molecular formula is C15H17Cl3O2. The normalized spacial score (nSPS) is 22.0. The van der Waals surface area contributed by atoms with Gasteiger partial charge in [-0.1, -0.05) is 54.6 Å². The van der Waals surface area contributed by atoms with Crippen LogP contribution in [0.25, 0.3) is 0 Å². The quantitative estimate of drug-likeness (QED) is 0.526. The zero-order valence-corrected chi connectivity index (χ0v) is 13.6. The number of carbonyl (C=O) groups excluding carboxylic acids is 1. The first-order chi connectivity index (χ1) is 9.47. The predicted molar refractivity (Wildman–Crippen MR) is 82.9 cm³/mol. The number of halogens is 3. The molecule has 0 saturated heterocycles. The maximum absolute atomic E-state index is 12.0. The van der Waals surface area contributed by atoms with Crippen molar-refractivity contribution in [2.45, 2.75) is 32.6 Å². The summed E-state index contributed by atoms with van der Waals surface area (Å²) in [5.74, 6) is 0.985. The van der Waals surface area contributed by atoms with E-state index in [-0.39, 0.29) is 15.6 Å². The highest BCUT2D eigenvalue weighted by Gasteiger charge is 2.22. The molecule has 20 heavy (non-hydrogen) atoms. The number of benzene rings is 1. The second-order valence-electron chi connectivity index (χ2n) is 5.46. The van der Waals surface area contributed by atoms with Crippen LogP contribution in [0.4, 0.5) is 0 Å². The Labute approximate surface area is 134 Å². The Hall–Kier alpha value is -0.440. The molecule has 0 radical (unpaired) electrons. The lowest BCUT2D eigenvalue weighted by Gasteiger charge is -2.11. The van der Waals surface area contributed by atoms with Crippen molar-refractivity contribution in [2.24, 2.45) is 11.8 Å². The van der Waals surface area contributed by atoms with Gasteiger partial charge in [-0.2, -0.15) is 0 Å². The topological polar surface area (TPSA) is 26.3 Å². The summed E-state index contributed by atoms with van der Waals surface area (Å²) in [6, 6.07) is 2.98. The largest absolute Gasteiger partial charge is 0.462 e. The number of hydrogen-bond donors (Lipinski definition) is 0. The number of carbonyl (C=O) groups is 1. The van der Waals surface area contributed by atoms with Crippen molar-refractivity contribution >= 4 is 40.8 Å². The van der Waals surface area contributed by atoms with Gasteiger partial charge in [0.1, 0.15) is 0 Å². The Morgan fingerprint density at radius 1 is 1.30 bits per heavy atom. The van der Waals surface area contributed by atoms with Crippen molar-refractivity contribution in [1.29, 1.82) is 0 Å². The molecule has 0 aromatic heterocycles. The Balaban J connectivity index is 1.89. The Bertz CT molecular complexity index is 502. The van der Waals surface area contributed by atoms with Gasteiger partial charge in [0, 0.05) is 5.02 Å². The molecule has 2 rings (SSSR count). The second kappa shape index (κ2) is 7.02. The third-order valence-corrected chi connectivity index (χ3v) is 4.80. The van der Waals surface area contributed by atoms with Gasteiger partial charge in [-0.3, -0.25) is 0 Å². The molecule has 1 aliphatic rings. The molecule has 0 amide bonds. The van der Waals surface area contributed by atoms with Crippen LogP contribution in [-0.2, 0) is 4.74 Å². The van der Waals surface area contributed by atoms with Gasteiger partial charge < -0.3 is 4.74 Å². The summed E-state index contributed by atoms with van der Waals surface area (Å²) >= 11 is 17.8. The fourth-order valence-corrected chi connectivity index (χ4v) is 3.37. The SMILES string of the molecule is CC1CCC(CCOC(=O)c2cc(Cl)cc(Cl)c2Cl)C1. The Kier molecular flexibility index (Phi) is 5.59. The summed E-state index contributed by atoms with van der Waals surface area (Å²) in [6.45, 7) is 2.68. The average molecular weight is 336 g/mol. The first-order valence-electron chi connectivity index (χ1n) is 6.79. The summed E-state index contributed by atoms with van der Waals surface area (Å²) in [4.78, 5) is 12.0. The van der Waals surface area contributed by atoms with Gasteiger partial charge in [-0.05, 0) is 36.8 Å². The summed E-state index contributed by atoms with van der Waals surface area (Å²) < 4.78 is 5.28. The molecule has 1 aromatic rings. The van der Waals surface area contributed by atoms with Crippen molar-refractivity contribution in [2.75, 3.05) is 6.61 Å². The van der Waals surface area contributed by atoms with Crippen molar-refractivity contribution < 1.29 is 9.53 Å². The number of ether oxygens (including phenoxy) is 1. The van der Waals surface area contributed by atoms with Gasteiger partial charge >= 0.3 is 5.97 Å². The highest BCUT2D eigenvalue weighted by Crippen LogP contribution is 2.33. The Morgan fingerprint density at radius 2 is 2.05 bits per heavy atom. The summed E-state index contributed by atoms with van der Waals surface area (Å²) in [7, 11) is 0. The molecule has 1 aromatic carbocycles. The van der Waals surface area contributed by atoms with E-state index in [1.165, 1.54) is 31.4 Å². The van der Waals surface area contributed by atoms with Crippen LogP contribution in [0.15, 0.2) is 12.1 Å². The molecule has 110 valence electrons. The highest BCUT2D eigenvalue weighted by molar-refractivity contribution is 6.45. The average Bonchev–Trinajstić information content (AvgIpc) is 2.79. The fourth-order valence-electron chi connectivity index (χ4n) is 2.69. The van der Waals surface area contributed by atoms with Crippen LogP contribution in [0.5, 0.6) is 0 Å². The molecule has 2 nitrogen and oxygen atoms in total. The van der Waals surface area contributed by atoms with E-state index in [0.29, 0.717) is 17.5 Å². The molecule has 1 saturated carbocycles.